The molecule has 2 fully saturated rings. The first-order valence-corrected chi connectivity index (χ1v) is 13.0. The summed E-state index contributed by atoms with van der Waals surface area (Å²) in [6, 6.07) is 5.81. The van der Waals surface area contributed by atoms with E-state index in [0.29, 0.717) is 0 Å². The van der Waals surface area contributed by atoms with Crippen LogP contribution in [0, 0.1) is 0 Å². The Balaban J connectivity index is 1.63. The zero-order valence-electron chi connectivity index (χ0n) is 22.4. The zero-order valence-corrected chi connectivity index (χ0v) is 22.4. The SMILES string of the molecule is COc1cc(-c2oc3cc(O)cc(O)c3c(=O)c2O[C@@H]2O[C@H](CO)[C@@H](O)[C@H](O)[C@H]2O[C@H]2OC[C@@H](O)[C@H](O)[C@@H]2O)ccc1O. The quantitative estimate of drug-likeness (QED) is 0.143. The molecule has 9 N–H and O–H groups in total. The molecule has 0 amide bonds. The second-order valence-electron chi connectivity index (χ2n) is 9.99. The van der Waals surface area contributed by atoms with Gasteiger partial charge >= 0.3 is 0 Å². The van der Waals surface area contributed by atoms with Crippen LogP contribution in [0.4, 0.5) is 0 Å². The van der Waals surface area contributed by atoms with Gasteiger partial charge in [0.05, 0.1) is 20.3 Å². The van der Waals surface area contributed by atoms with Gasteiger partial charge in [-0.25, -0.2) is 0 Å². The molecule has 0 unspecified atom stereocenters. The first-order chi connectivity index (χ1) is 20.4. The molecular formula is C27H30O16. The van der Waals surface area contributed by atoms with E-state index in [1.807, 2.05) is 0 Å². The minimum Gasteiger partial charge on any atom is -0.508 e. The summed E-state index contributed by atoms with van der Waals surface area (Å²) >= 11 is 0. The predicted molar refractivity (Wildman–Crippen MR) is 140 cm³/mol. The number of hydrogen-bond donors (Lipinski definition) is 9. The van der Waals surface area contributed by atoms with Gasteiger partial charge in [-0.05, 0) is 18.2 Å². The van der Waals surface area contributed by atoms with Crippen molar-refractivity contribution in [1.29, 1.82) is 0 Å². The lowest BCUT2D eigenvalue weighted by molar-refractivity contribution is -0.345. The van der Waals surface area contributed by atoms with Gasteiger partial charge in [0.15, 0.2) is 29.7 Å². The normalized spacial score (nSPS) is 31.2. The minimum atomic E-state index is -1.88. The molecule has 2 aliphatic heterocycles. The van der Waals surface area contributed by atoms with E-state index >= 15 is 0 Å². The molecule has 0 radical (unpaired) electrons. The van der Waals surface area contributed by atoms with Crippen LogP contribution in [0.25, 0.3) is 22.3 Å². The van der Waals surface area contributed by atoms with Gasteiger partial charge in [0, 0.05) is 17.7 Å². The van der Waals surface area contributed by atoms with E-state index < -0.39 is 96.6 Å². The average Bonchev–Trinajstić information content (AvgIpc) is 2.97. The maximum atomic E-state index is 13.8. The monoisotopic (exact) mass is 610 g/mol. The third-order valence-electron chi connectivity index (χ3n) is 7.16. The first kappa shape index (κ1) is 30.7. The largest absolute Gasteiger partial charge is 0.508 e. The fourth-order valence-corrected chi connectivity index (χ4v) is 4.85. The fraction of sp³-hybridized carbons (Fsp3) is 0.444. The lowest BCUT2D eigenvalue weighted by Crippen LogP contribution is -2.64. The highest BCUT2D eigenvalue weighted by molar-refractivity contribution is 5.88. The zero-order chi connectivity index (χ0) is 31.2. The van der Waals surface area contributed by atoms with E-state index in [-0.39, 0.29) is 28.4 Å². The Bertz CT molecular complexity index is 1520. The maximum absolute atomic E-state index is 13.8. The molecule has 3 aromatic rings. The van der Waals surface area contributed by atoms with Crippen molar-refractivity contribution in [1.82, 2.24) is 0 Å². The summed E-state index contributed by atoms with van der Waals surface area (Å²) in [5.41, 5.74) is -1.15. The van der Waals surface area contributed by atoms with Crippen molar-refractivity contribution in [2.24, 2.45) is 0 Å². The van der Waals surface area contributed by atoms with Gasteiger partial charge < -0.3 is 74.1 Å². The van der Waals surface area contributed by atoms with Crippen molar-refractivity contribution in [3.05, 3.63) is 40.6 Å². The second kappa shape index (κ2) is 12.1. The van der Waals surface area contributed by atoms with E-state index in [9.17, 15) is 50.8 Å². The first-order valence-electron chi connectivity index (χ1n) is 13.0. The van der Waals surface area contributed by atoms with Gasteiger partial charge in [-0.2, -0.15) is 0 Å². The molecule has 2 saturated heterocycles. The van der Waals surface area contributed by atoms with Crippen LogP contribution in [0.2, 0.25) is 0 Å². The molecule has 0 spiro atoms. The Morgan fingerprint density at radius 3 is 2.35 bits per heavy atom. The van der Waals surface area contributed by atoms with Crippen LogP contribution in [-0.2, 0) is 14.2 Å². The van der Waals surface area contributed by atoms with Crippen molar-refractivity contribution in [2.45, 2.75) is 55.3 Å². The number of fused-ring (bicyclic) bond motifs is 1. The van der Waals surface area contributed by atoms with Crippen molar-refractivity contribution in [3.63, 3.8) is 0 Å². The summed E-state index contributed by atoms with van der Waals surface area (Å²) in [6.45, 7) is -1.28. The Labute approximate surface area is 241 Å². The average molecular weight is 611 g/mol. The van der Waals surface area contributed by atoms with E-state index in [4.69, 9.17) is 28.1 Å². The second-order valence-corrected chi connectivity index (χ2v) is 9.99. The summed E-state index contributed by atoms with van der Waals surface area (Å²) in [4.78, 5) is 13.8. The van der Waals surface area contributed by atoms with Crippen molar-refractivity contribution in [3.8, 4) is 40.1 Å². The third kappa shape index (κ3) is 5.67. The van der Waals surface area contributed by atoms with Gasteiger partial charge in [0.25, 0.3) is 0 Å². The number of ether oxygens (including phenoxy) is 5. The highest BCUT2D eigenvalue weighted by Gasteiger charge is 2.50. The number of benzene rings is 2. The molecule has 234 valence electrons. The Hall–Kier alpha value is -3.71. The van der Waals surface area contributed by atoms with Gasteiger partial charge in [-0.15, -0.1) is 0 Å². The van der Waals surface area contributed by atoms with Gasteiger partial charge in [-0.1, -0.05) is 0 Å². The number of rotatable bonds is 7. The van der Waals surface area contributed by atoms with Gasteiger partial charge in [0.2, 0.25) is 17.5 Å². The molecule has 1 aromatic heterocycles. The number of phenols is 3. The summed E-state index contributed by atoms with van der Waals surface area (Å²) in [7, 11) is 1.28. The fourth-order valence-electron chi connectivity index (χ4n) is 4.85. The molecule has 16 nitrogen and oxygen atoms in total. The molecule has 0 aliphatic carbocycles. The molecule has 43 heavy (non-hydrogen) atoms. The summed E-state index contributed by atoms with van der Waals surface area (Å²) in [6.07, 6.45) is -15.3. The van der Waals surface area contributed by atoms with Crippen LogP contribution in [0.1, 0.15) is 0 Å². The highest BCUT2D eigenvalue weighted by Crippen LogP contribution is 2.40. The van der Waals surface area contributed by atoms with Crippen molar-refractivity contribution in [2.75, 3.05) is 20.3 Å². The molecule has 9 atom stereocenters. The number of aliphatic hydroxyl groups is 6. The molecule has 5 rings (SSSR count). The number of aromatic hydroxyl groups is 3. The molecule has 0 bridgehead atoms. The van der Waals surface area contributed by atoms with E-state index in [2.05, 4.69) is 0 Å². The smallest absolute Gasteiger partial charge is 0.239 e. The Morgan fingerprint density at radius 2 is 1.65 bits per heavy atom. The Kier molecular flexibility index (Phi) is 8.66. The minimum absolute atomic E-state index is 0.0249. The van der Waals surface area contributed by atoms with Gasteiger partial charge in [-0.3, -0.25) is 4.79 Å². The predicted octanol–water partition coefficient (Wildman–Crippen LogP) is -1.77. The molecule has 2 aromatic carbocycles. The van der Waals surface area contributed by atoms with E-state index in [0.717, 1.165) is 12.1 Å². The number of phenolic OH excluding ortho intramolecular Hbond substituents is 3. The number of methoxy groups -OCH3 is 1. The van der Waals surface area contributed by atoms with E-state index in [1.165, 1.54) is 25.3 Å². The summed E-state index contributed by atoms with van der Waals surface area (Å²) in [5.74, 6) is -2.34. The third-order valence-corrected chi connectivity index (χ3v) is 7.16. The maximum Gasteiger partial charge on any atom is 0.239 e. The van der Waals surface area contributed by atoms with Crippen LogP contribution in [0.5, 0.6) is 28.7 Å². The van der Waals surface area contributed by atoms with Crippen molar-refractivity contribution < 1.29 is 74.1 Å². The number of hydrogen-bond acceptors (Lipinski definition) is 16. The standard InChI is InChI=1S/C27H30O16/c1-38-14-4-9(2-3-11(14)30)23-24(20(35)17-12(31)5-10(29)6-15(17)40-23)42-27-25(21(36)19(34)16(7-28)41-27)43-26-22(37)18(33)13(32)8-39-26/h2-6,13,16,18-19,21-22,25-34,36-37H,7-8H2,1H3/t13-,16-,18+,19-,21+,22+,25-,26-,27+/m1/s1. The molecular weight excluding hydrogens is 580 g/mol. The highest BCUT2D eigenvalue weighted by atomic mass is 16.8. The lowest BCUT2D eigenvalue weighted by Gasteiger charge is -2.44. The number of aliphatic hydroxyl groups excluding tert-OH is 6. The molecule has 3 heterocycles. The topological polar surface area (TPSA) is 258 Å². The van der Waals surface area contributed by atoms with Crippen LogP contribution in [0.3, 0.4) is 0 Å². The Morgan fingerprint density at radius 1 is 0.907 bits per heavy atom. The lowest BCUT2D eigenvalue weighted by atomic mass is 9.98. The molecule has 0 saturated carbocycles. The van der Waals surface area contributed by atoms with Crippen LogP contribution < -0.4 is 14.9 Å². The van der Waals surface area contributed by atoms with Gasteiger partial charge in [0.1, 0.15) is 59.1 Å². The summed E-state index contributed by atoms with van der Waals surface area (Å²) in [5, 5.41) is 91.5. The van der Waals surface area contributed by atoms with Crippen LogP contribution in [0.15, 0.2) is 39.5 Å². The van der Waals surface area contributed by atoms with E-state index in [1.54, 1.807) is 0 Å². The molecule has 2 aliphatic rings. The molecule has 16 heteroatoms. The summed E-state index contributed by atoms with van der Waals surface area (Å²) < 4.78 is 33.4. The van der Waals surface area contributed by atoms with Crippen LogP contribution >= 0.6 is 0 Å². The van der Waals surface area contributed by atoms with Crippen molar-refractivity contribution >= 4 is 11.0 Å². The van der Waals surface area contributed by atoms with Crippen LogP contribution in [-0.4, -0.2) is 122 Å².